The van der Waals surface area contributed by atoms with Crippen LogP contribution in [0.1, 0.15) is 17.4 Å². The first-order chi connectivity index (χ1) is 9.24. The Morgan fingerprint density at radius 3 is 2.84 bits per heavy atom. The van der Waals surface area contributed by atoms with Crippen molar-refractivity contribution >= 4 is 10.9 Å². The molecule has 0 aliphatic carbocycles. The lowest BCUT2D eigenvalue weighted by Crippen LogP contribution is -2.04. The number of aromatic nitrogens is 3. The van der Waals surface area contributed by atoms with E-state index in [-0.39, 0.29) is 0 Å². The van der Waals surface area contributed by atoms with E-state index in [1.54, 1.807) is 10.9 Å². The molecule has 0 amide bonds. The van der Waals surface area contributed by atoms with Crippen LogP contribution >= 0.6 is 0 Å². The molecule has 2 aromatic heterocycles. The van der Waals surface area contributed by atoms with Crippen molar-refractivity contribution in [2.75, 3.05) is 0 Å². The zero-order valence-electron chi connectivity index (χ0n) is 10.7. The molecule has 0 fully saturated rings. The lowest BCUT2D eigenvalue weighted by atomic mass is 10.0. The quantitative estimate of drug-likeness (QED) is 0.779. The van der Waals surface area contributed by atoms with Crippen molar-refractivity contribution < 1.29 is 5.11 Å². The molecule has 1 N–H and O–H groups in total. The smallest absolute Gasteiger partial charge is 0.0853 e. The highest BCUT2D eigenvalue weighted by Gasteiger charge is 2.13. The summed E-state index contributed by atoms with van der Waals surface area (Å²) < 4.78 is 1.74. The molecule has 1 unspecified atom stereocenters. The van der Waals surface area contributed by atoms with Gasteiger partial charge < -0.3 is 5.11 Å². The van der Waals surface area contributed by atoms with Crippen molar-refractivity contribution in [3.8, 4) is 0 Å². The van der Waals surface area contributed by atoms with Crippen molar-refractivity contribution in [3.63, 3.8) is 0 Å². The lowest BCUT2D eigenvalue weighted by molar-refractivity contribution is 0.178. The van der Waals surface area contributed by atoms with Crippen LogP contribution < -0.4 is 0 Å². The van der Waals surface area contributed by atoms with Crippen LogP contribution in [0, 0.1) is 0 Å². The summed E-state index contributed by atoms with van der Waals surface area (Å²) in [4.78, 5) is 4.30. The Kier molecular flexibility index (Phi) is 3.01. The molecule has 19 heavy (non-hydrogen) atoms. The Bertz CT molecular complexity index is 700. The first-order valence-corrected chi connectivity index (χ1v) is 6.24. The number of nitrogens with zero attached hydrogens (tertiary/aromatic N) is 3. The number of aliphatic hydroxyl groups excluding tert-OH is 1. The van der Waals surface area contributed by atoms with E-state index in [1.165, 1.54) is 0 Å². The minimum absolute atomic E-state index is 0.509. The molecule has 0 aliphatic rings. The van der Waals surface area contributed by atoms with Gasteiger partial charge in [0.05, 0.1) is 17.3 Å². The van der Waals surface area contributed by atoms with Gasteiger partial charge in [-0.25, -0.2) is 0 Å². The van der Waals surface area contributed by atoms with E-state index in [4.69, 9.17) is 0 Å². The summed E-state index contributed by atoms with van der Waals surface area (Å²) in [5, 5.41) is 15.7. The summed E-state index contributed by atoms with van der Waals surface area (Å²) in [6.45, 7) is 0. The average molecular weight is 253 g/mol. The third kappa shape index (κ3) is 2.35. The molecule has 0 radical (unpaired) electrons. The second-order valence-corrected chi connectivity index (χ2v) is 4.62. The molecule has 96 valence electrons. The Labute approximate surface area is 111 Å². The van der Waals surface area contributed by atoms with Crippen LogP contribution in [0.5, 0.6) is 0 Å². The van der Waals surface area contributed by atoms with Gasteiger partial charge in [0.1, 0.15) is 0 Å². The number of hydrogen-bond acceptors (Lipinski definition) is 3. The van der Waals surface area contributed by atoms with E-state index < -0.39 is 6.10 Å². The number of aryl methyl sites for hydroxylation is 1. The van der Waals surface area contributed by atoms with Crippen molar-refractivity contribution in [1.29, 1.82) is 0 Å². The van der Waals surface area contributed by atoms with Crippen LogP contribution in [0.25, 0.3) is 10.9 Å². The number of pyridine rings is 1. The minimum Gasteiger partial charge on any atom is -0.388 e. The highest BCUT2D eigenvalue weighted by molar-refractivity contribution is 5.82. The Morgan fingerprint density at radius 2 is 2.05 bits per heavy atom. The van der Waals surface area contributed by atoms with Gasteiger partial charge in [0, 0.05) is 31.2 Å². The maximum Gasteiger partial charge on any atom is 0.0853 e. The standard InChI is InChI=1S/C15H15N3O/c1-18-9-7-11(17-18)10-15(19)13-6-8-16-14-5-3-2-4-12(13)14/h2-9,15,19H,10H2,1H3. The molecular weight excluding hydrogens is 238 g/mol. The Hall–Kier alpha value is -2.20. The number of hydrogen-bond donors (Lipinski definition) is 1. The fourth-order valence-corrected chi connectivity index (χ4v) is 2.29. The fraction of sp³-hybridized carbons (Fsp3) is 0.200. The predicted octanol–water partition coefficient (Wildman–Crippen LogP) is 2.24. The molecule has 0 spiro atoms. The van der Waals surface area contributed by atoms with Crippen LogP contribution in [0.4, 0.5) is 0 Å². The van der Waals surface area contributed by atoms with E-state index in [9.17, 15) is 5.11 Å². The molecule has 1 aromatic carbocycles. The van der Waals surface area contributed by atoms with Crippen LogP contribution in [-0.2, 0) is 13.5 Å². The zero-order chi connectivity index (χ0) is 13.2. The monoisotopic (exact) mass is 253 g/mol. The molecule has 0 saturated heterocycles. The van der Waals surface area contributed by atoms with E-state index in [0.29, 0.717) is 6.42 Å². The summed E-state index contributed by atoms with van der Waals surface area (Å²) in [6.07, 6.45) is 3.56. The first kappa shape index (κ1) is 11.9. The van der Waals surface area contributed by atoms with Crippen LogP contribution in [0.3, 0.4) is 0 Å². The van der Waals surface area contributed by atoms with Gasteiger partial charge in [0.15, 0.2) is 0 Å². The molecule has 2 heterocycles. The molecule has 0 aliphatic heterocycles. The number of fused-ring (bicyclic) bond motifs is 1. The van der Waals surface area contributed by atoms with E-state index in [2.05, 4.69) is 10.1 Å². The minimum atomic E-state index is -0.567. The molecule has 3 rings (SSSR count). The van der Waals surface area contributed by atoms with Gasteiger partial charge >= 0.3 is 0 Å². The Balaban J connectivity index is 1.95. The number of benzene rings is 1. The van der Waals surface area contributed by atoms with Gasteiger partial charge in [-0.2, -0.15) is 5.10 Å². The summed E-state index contributed by atoms with van der Waals surface area (Å²) >= 11 is 0. The van der Waals surface area contributed by atoms with Gasteiger partial charge in [0.25, 0.3) is 0 Å². The van der Waals surface area contributed by atoms with Gasteiger partial charge in [-0.3, -0.25) is 9.67 Å². The van der Waals surface area contributed by atoms with Gasteiger partial charge in [-0.05, 0) is 23.8 Å². The summed E-state index contributed by atoms with van der Waals surface area (Å²) in [5.74, 6) is 0. The van der Waals surface area contributed by atoms with Crippen molar-refractivity contribution in [2.24, 2.45) is 7.05 Å². The van der Waals surface area contributed by atoms with Crippen molar-refractivity contribution in [1.82, 2.24) is 14.8 Å². The van der Waals surface area contributed by atoms with Gasteiger partial charge in [-0.15, -0.1) is 0 Å². The van der Waals surface area contributed by atoms with E-state index >= 15 is 0 Å². The number of aliphatic hydroxyl groups is 1. The summed E-state index contributed by atoms with van der Waals surface area (Å²) in [6, 6.07) is 11.6. The molecular formula is C15H15N3O. The normalized spacial score (nSPS) is 12.7. The second kappa shape index (κ2) is 4.82. The van der Waals surface area contributed by atoms with E-state index in [1.807, 2.05) is 49.6 Å². The fourth-order valence-electron chi connectivity index (χ4n) is 2.29. The predicted molar refractivity (Wildman–Crippen MR) is 73.6 cm³/mol. The van der Waals surface area contributed by atoms with Crippen LogP contribution in [0.2, 0.25) is 0 Å². The Morgan fingerprint density at radius 1 is 1.21 bits per heavy atom. The van der Waals surface area contributed by atoms with Crippen LogP contribution in [0.15, 0.2) is 48.8 Å². The van der Waals surface area contributed by atoms with Crippen molar-refractivity contribution in [3.05, 3.63) is 60.0 Å². The molecule has 4 nitrogen and oxygen atoms in total. The maximum atomic E-state index is 10.4. The van der Waals surface area contributed by atoms with E-state index in [0.717, 1.165) is 22.2 Å². The summed E-state index contributed by atoms with van der Waals surface area (Å²) in [5.41, 5.74) is 2.69. The van der Waals surface area contributed by atoms with Gasteiger partial charge in [0.2, 0.25) is 0 Å². The third-order valence-electron chi connectivity index (χ3n) is 3.21. The van der Waals surface area contributed by atoms with Crippen LogP contribution in [-0.4, -0.2) is 19.9 Å². The second-order valence-electron chi connectivity index (χ2n) is 4.62. The summed E-state index contributed by atoms with van der Waals surface area (Å²) in [7, 11) is 1.87. The van der Waals surface area contributed by atoms with Gasteiger partial charge in [-0.1, -0.05) is 18.2 Å². The third-order valence-corrected chi connectivity index (χ3v) is 3.21. The topological polar surface area (TPSA) is 50.9 Å². The number of rotatable bonds is 3. The zero-order valence-corrected chi connectivity index (χ0v) is 10.7. The lowest BCUT2D eigenvalue weighted by Gasteiger charge is -2.12. The average Bonchev–Trinajstić information content (AvgIpc) is 2.83. The molecule has 0 saturated carbocycles. The van der Waals surface area contributed by atoms with Crippen molar-refractivity contribution in [2.45, 2.75) is 12.5 Å². The highest BCUT2D eigenvalue weighted by Crippen LogP contribution is 2.24. The molecule has 1 atom stereocenters. The largest absolute Gasteiger partial charge is 0.388 e. The maximum absolute atomic E-state index is 10.4. The SMILES string of the molecule is Cn1ccc(CC(O)c2ccnc3ccccc23)n1. The molecule has 3 aromatic rings. The molecule has 4 heteroatoms. The highest BCUT2D eigenvalue weighted by atomic mass is 16.3. The first-order valence-electron chi connectivity index (χ1n) is 6.24. The molecule has 0 bridgehead atoms. The number of para-hydroxylation sites is 1.